The van der Waals surface area contributed by atoms with Crippen LogP contribution in [-0.2, 0) is 32.7 Å². The predicted octanol–water partition coefficient (Wildman–Crippen LogP) is 2.82. The van der Waals surface area contributed by atoms with Crippen LogP contribution >= 0.6 is 0 Å². The Morgan fingerprint density at radius 3 is 1.97 bits per heavy atom. The molecule has 0 aliphatic carbocycles. The summed E-state index contributed by atoms with van der Waals surface area (Å²) < 4.78 is 3.90. The van der Waals surface area contributed by atoms with E-state index in [2.05, 4.69) is 64.3 Å². The maximum absolute atomic E-state index is 5.62. The summed E-state index contributed by atoms with van der Waals surface area (Å²) in [7, 11) is 0. The minimum Gasteiger partial charge on any atom is -0.435 e. The van der Waals surface area contributed by atoms with E-state index in [1.165, 1.54) is 0 Å². The van der Waals surface area contributed by atoms with Gasteiger partial charge < -0.3 is 25.6 Å². The van der Waals surface area contributed by atoms with E-state index in [9.17, 15) is 0 Å². The summed E-state index contributed by atoms with van der Waals surface area (Å²) in [6.45, 7) is 8.31. The van der Waals surface area contributed by atoms with Gasteiger partial charge in [0.15, 0.2) is 5.82 Å². The van der Waals surface area contributed by atoms with Gasteiger partial charge in [0, 0.05) is 50.6 Å². The van der Waals surface area contributed by atoms with Crippen LogP contribution < -0.4 is 11.5 Å². The van der Waals surface area contributed by atoms with Gasteiger partial charge in [0.05, 0.1) is 0 Å². The van der Waals surface area contributed by atoms with Crippen molar-refractivity contribution in [1.29, 1.82) is 0 Å². The number of nitrogen functional groups attached to an aromatic ring is 2. The molecule has 11 heteroatoms. The summed E-state index contributed by atoms with van der Waals surface area (Å²) in [5.41, 5.74) is 11.6. The second kappa shape index (κ2) is 13.6. The molecule has 1 radical (unpaired) electrons. The zero-order valence-electron chi connectivity index (χ0n) is 18.2. The molecule has 31 heavy (non-hydrogen) atoms. The minimum atomic E-state index is 0. The van der Waals surface area contributed by atoms with Gasteiger partial charge in [0.1, 0.15) is 30.5 Å². The first-order valence-electron chi connectivity index (χ1n) is 9.43. The molecule has 4 rings (SSSR count). The Kier molecular flexibility index (Phi) is 11.5. The quantitative estimate of drug-likeness (QED) is 0.413. The van der Waals surface area contributed by atoms with E-state index in [0.717, 1.165) is 11.5 Å². The number of pyridine rings is 2. The van der Waals surface area contributed by atoms with Gasteiger partial charge in [0.2, 0.25) is 0 Å². The molecule has 0 amide bonds. The molecule has 4 aromatic rings. The van der Waals surface area contributed by atoms with E-state index in [0.29, 0.717) is 23.7 Å². The van der Waals surface area contributed by atoms with Crippen LogP contribution in [0.1, 0.15) is 39.8 Å². The van der Waals surface area contributed by atoms with Crippen LogP contribution in [0.2, 0.25) is 0 Å². The Morgan fingerprint density at radius 2 is 1.52 bits per heavy atom. The van der Waals surface area contributed by atoms with Crippen molar-refractivity contribution in [2.24, 2.45) is 0 Å². The summed E-state index contributed by atoms with van der Waals surface area (Å²) in [5.74, 6) is 1.76. The largest absolute Gasteiger partial charge is 0.435 e. The Bertz CT molecular complexity index is 984. The molecule has 0 aliphatic rings. The average Bonchev–Trinajstić information content (AvgIpc) is 3.42. The van der Waals surface area contributed by atoms with Crippen LogP contribution in [0.5, 0.6) is 0 Å². The molecule has 0 unspecified atom stereocenters. The van der Waals surface area contributed by atoms with E-state index in [-0.39, 0.29) is 32.7 Å². The molecule has 0 aliphatic heterocycles. The molecule has 161 valence electrons. The maximum Gasteiger partial charge on any atom is 0.182 e. The van der Waals surface area contributed by atoms with Crippen LogP contribution in [0.25, 0.3) is 11.5 Å². The Balaban J connectivity index is 0.000000254. The van der Waals surface area contributed by atoms with Gasteiger partial charge in [0.25, 0.3) is 0 Å². The van der Waals surface area contributed by atoms with Crippen molar-refractivity contribution >= 4 is 11.6 Å². The van der Waals surface area contributed by atoms with Gasteiger partial charge in [-0.05, 0) is 39.8 Å². The number of aromatic nitrogens is 8. The Labute approximate surface area is 207 Å². The van der Waals surface area contributed by atoms with Crippen molar-refractivity contribution < 1.29 is 32.7 Å². The average molecular weight is 496 g/mol. The first-order valence-corrected chi connectivity index (χ1v) is 9.43. The summed E-state index contributed by atoms with van der Waals surface area (Å²) in [6, 6.07) is 11.5. The molecule has 0 bridgehead atoms. The maximum atomic E-state index is 5.62. The van der Waals surface area contributed by atoms with Gasteiger partial charge in [-0.25, -0.2) is 4.98 Å². The van der Waals surface area contributed by atoms with Crippen molar-refractivity contribution in [3.8, 4) is 11.5 Å². The number of hydrogen-bond donors (Lipinski definition) is 2. The molecule has 4 aromatic heterocycles. The SMILES string of the molecule is CC(C)n1cnnc1.CC(C)n1cnnc1-c1cccc(N)n1.Nc1ccc[c-]n1.[Y]. The molecule has 0 spiro atoms. The third-order valence-electron chi connectivity index (χ3n) is 3.79. The number of nitrogens with zero attached hydrogens (tertiary/aromatic N) is 8. The first kappa shape index (κ1) is 26.3. The smallest absolute Gasteiger partial charge is 0.182 e. The molecule has 0 fully saturated rings. The van der Waals surface area contributed by atoms with E-state index in [1.54, 1.807) is 43.2 Å². The fraction of sp³-hybridized carbons (Fsp3) is 0.300. The van der Waals surface area contributed by atoms with Crippen LogP contribution in [0.3, 0.4) is 0 Å². The fourth-order valence-corrected chi connectivity index (χ4v) is 2.19. The van der Waals surface area contributed by atoms with E-state index in [4.69, 9.17) is 11.5 Å². The van der Waals surface area contributed by atoms with Crippen molar-refractivity contribution in [2.75, 3.05) is 11.5 Å². The van der Waals surface area contributed by atoms with E-state index < -0.39 is 0 Å². The van der Waals surface area contributed by atoms with Crippen molar-refractivity contribution in [2.45, 2.75) is 39.8 Å². The molecule has 0 saturated carbocycles. The number of nitrogens with two attached hydrogens (primary N) is 2. The summed E-state index contributed by atoms with van der Waals surface area (Å²) >= 11 is 0. The standard InChI is InChI=1S/C10H13N5.C5H9N3.C5H5N2.Y/c1-7(2)15-6-12-14-10(15)8-4-3-5-9(11)13-8;1-5(2)8-3-6-7-4-8;6-5-3-1-2-4-7-5;/h3-7H,1-2H3,(H2,11,13);3-5H,1-2H3;1-3H,(H2,6,7);/q;;-1;. The zero-order valence-corrected chi connectivity index (χ0v) is 21.0. The van der Waals surface area contributed by atoms with Gasteiger partial charge >= 0.3 is 0 Å². The van der Waals surface area contributed by atoms with Crippen molar-refractivity contribution in [1.82, 2.24) is 39.5 Å². The molecule has 0 atom stereocenters. The molecule has 4 heterocycles. The third-order valence-corrected chi connectivity index (χ3v) is 3.79. The second-order valence-corrected chi connectivity index (χ2v) is 6.80. The summed E-state index contributed by atoms with van der Waals surface area (Å²) in [6.07, 6.45) is 7.71. The molecular formula is C20H27N10Y-. The first-order chi connectivity index (χ1) is 14.4. The van der Waals surface area contributed by atoms with Gasteiger partial charge in [-0.3, -0.25) is 0 Å². The zero-order chi connectivity index (χ0) is 21.9. The topological polar surface area (TPSA) is 139 Å². The summed E-state index contributed by atoms with van der Waals surface area (Å²) in [5, 5.41) is 15.2. The monoisotopic (exact) mass is 496 g/mol. The van der Waals surface area contributed by atoms with Crippen molar-refractivity contribution in [3.05, 3.63) is 61.6 Å². The number of rotatable bonds is 3. The predicted molar refractivity (Wildman–Crippen MR) is 116 cm³/mol. The van der Waals surface area contributed by atoms with Crippen LogP contribution in [0, 0.1) is 6.20 Å². The minimum absolute atomic E-state index is 0. The van der Waals surface area contributed by atoms with E-state index in [1.807, 2.05) is 21.3 Å². The molecule has 0 aromatic carbocycles. The number of anilines is 2. The van der Waals surface area contributed by atoms with E-state index >= 15 is 0 Å². The third kappa shape index (κ3) is 8.89. The van der Waals surface area contributed by atoms with Crippen LogP contribution in [0.4, 0.5) is 11.6 Å². The van der Waals surface area contributed by atoms with Gasteiger partial charge in [-0.15, -0.1) is 26.5 Å². The molecule has 0 saturated heterocycles. The van der Waals surface area contributed by atoms with Crippen LogP contribution in [-0.4, -0.2) is 39.5 Å². The van der Waals surface area contributed by atoms with Gasteiger partial charge in [-0.1, -0.05) is 12.3 Å². The Hall–Kier alpha value is -2.72. The second-order valence-electron chi connectivity index (χ2n) is 6.80. The molecular weight excluding hydrogens is 469 g/mol. The summed E-state index contributed by atoms with van der Waals surface area (Å²) in [4.78, 5) is 7.85. The fourth-order valence-electron chi connectivity index (χ4n) is 2.19. The molecule has 10 nitrogen and oxygen atoms in total. The normalized spacial score (nSPS) is 9.87. The molecule has 4 N–H and O–H groups in total. The number of hydrogen-bond acceptors (Lipinski definition) is 8. The van der Waals surface area contributed by atoms with Crippen LogP contribution in [0.15, 0.2) is 55.4 Å². The van der Waals surface area contributed by atoms with Gasteiger partial charge in [-0.2, -0.15) is 12.1 Å². The Morgan fingerprint density at radius 1 is 0.839 bits per heavy atom. The van der Waals surface area contributed by atoms with Crippen molar-refractivity contribution in [3.63, 3.8) is 0 Å².